The van der Waals surface area contributed by atoms with E-state index in [2.05, 4.69) is 20.1 Å². The second-order valence-electron chi connectivity index (χ2n) is 3.33. The third-order valence-electron chi connectivity index (χ3n) is 2.47. The number of methoxy groups -OCH3 is 1. The number of hydrazine groups is 1. The summed E-state index contributed by atoms with van der Waals surface area (Å²) in [6.45, 7) is 2.75. The van der Waals surface area contributed by atoms with Gasteiger partial charge in [0.05, 0.1) is 24.4 Å². The fourth-order valence-corrected chi connectivity index (χ4v) is 2.24. The van der Waals surface area contributed by atoms with E-state index in [4.69, 9.17) is 10.6 Å². The number of aryl methyl sites for hydroxylation is 1. The lowest BCUT2D eigenvalue weighted by Crippen LogP contribution is -2.30. The standard InChI is InChI=1S/C9H14N6OS/c1-3-15-9(6(16-2)4-12-15)8(13-10)7-5-11-14-17-7/h4-5,8,13H,3,10H2,1-2H3. The van der Waals surface area contributed by atoms with Gasteiger partial charge in [-0.05, 0) is 18.5 Å². The highest BCUT2D eigenvalue weighted by atomic mass is 32.1. The number of nitrogens with zero attached hydrogens (tertiary/aromatic N) is 4. The van der Waals surface area contributed by atoms with E-state index >= 15 is 0 Å². The molecule has 2 aromatic heterocycles. The van der Waals surface area contributed by atoms with Crippen molar-refractivity contribution in [3.63, 3.8) is 0 Å². The van der Waals surface area contributed by atoms with E-state index in [9.17, 15) is 0 Å². The third-order valence-corrected chi connectivity index (χ3v) is 3.20. The van der Waals surface area contributed by atoms with E-state index in [0.717, 1.165) is 17.1 Å². The van der Waals surface area contributed by atoms with Crippen LogP contribution in [-0.4, -0.2) is 26.5 Å². The number of aromatic nitrogens is 4. The molecule has 3 N–H and O–H groups in total. The van der Waals surface area contributed by atoms with E-state index in [1.165, 1.54) is 11.5 Å². The molecular formula is C9H14N6OS. The summed E-state index contributed by atoms with van der Waals surface area (Å²) >= 11 is 1.29. The van der Waals surface area contributed by atoms with Crippen LogP contribution < -0.4 is 16.0 Å². The molecule has 0 spiro atoms. The molecule has 0 radical (unpaired) electrons. The molecule has 2 rings (SSSR count). The summed E-state index contributed by atoms with van der Waals surface area (Å²) in [6.07, 6.45) is 3.36. The van der Waals surface area contributed by atoms with Crippen molar-refractivity contribution in [1.82, 2.24) is 24.8 Å². The average molecular weight is 254 g/mol. The average Bonchev–Trinajstić information content (AvgIpc) is 2.99. The van der Waals surface area contributed by atoms with Gasteiger partial charge in [0.1, 0.15) is 11.7 Å². The van der Waals surface area contributed by atoms with E-state index in [-0.39, 0.29) is 6.04 Å². The van der Waals surface area contributed by atoms with Gasteiger partial charge in [-0.3, -0.25) is 10.5 Å². The molecule has 0 aromatic carbocycles. The van der Waals surface area contributed by atoms with Crippen molar-refractivity contribution in [2.45, 2.75) is 19.5 Å². The van der Waals surface area contributed by atoms with Gasteiger partial charge in [0.25, 0.3) is 0 Å². The number of ether oxygens (including phenoxy) is 1. The van der Waals surface area contributed by atoms with Gasteiger partial charge in [-0.15, -0.1) is 5.10 Å². The summed E-state index contributed by atoms with van der Waals surface area (Å²) in [7, 11) is 1.61. The van der Waals surface area contributed by atoms with Gasteiger partial charge in [-0.25, -0.2) is 5.43 Å². The van der Waals surface area contributed by atoms with Crippen LogP contribution in [0, 0.1) is 0 Å². The van der Waals surface area contributed by atoms with Crippen LogP contribution in [0.25, 0.3) is 0 Å². The van der Waals surface area contributed by atoms with Crippen LogP contribution in [0.3, 0.4) is 0 Å². The van der Waals surface area contributed by atoms with Crippen molar-refractivity contribution in [1.29, 1.82) is 0 Å². The van der Waals surface area contributed by atoms with Gasteiger partial charge >= 0.3 is 0 Å². The van der Waals surface area contributed by atoms with Crippen molar-refractivity contribution in [2.24, 2.45) is 5.84 Å². The van der Waals surface area contributed by atoms with Crippen LogP contribution in [0.1, 0.15) is 23.5 Å². The van der Waals surface area contributed by atoms with E-state index in [0.29, 0.717) is 5.75 Å². The van der Waals surface area contributed by atoms with Crippen LogP contribution in [0.15, 0.2) is 12.4 Å². The van der Waals surface area contributed by atoms with Crippen LogP contribution in [0.2, 0.25) is 0 Å². The lowest BCUT2D eigenvalue weighted by molar-refractivity contribution is 0.400. The highest BCUT2D eigenvalue weighted by molar-refractivity contribution is 7.05. The van der Waals surface area contributed by atoms with Gasteiger partial charge in [0.2, 0.25) is 0 Å². The molecule has 0 saturated carbocycles. The lowest BCUT2D eigenvalue weighted by atomic mass is 10.2. The Morgan fingerprint density at radius 2 is 2.41 bits per heavy atom. The molecule has 0 fully saturated rings. The second kappa shape index (κ2) is 5.21. The highest BCUT2D eigenvalue weighted by Crippen LogP contribution is 2.30. The normalized spacial score (nSPS) is 12.6. The molecule has 2 heterocycles. The minimum atomic E-state index is -0.215. The maximum Gasteiger partial charge on any atom is 0.162 e. The van der Waals surface area contributed by atoms with Crippen molar-refractivity contribution >= 4 is 11.5 Å². The number of hydrogen-bond acceptors (Lipinski definition) is 7. The van der Waals surface area contributed by atoms with Crippen molar-refractivity contribution < 1.29 is 4.74 Å². The largest absolute Gasteiger partial charge is 0.493 e. The topological polar surface area (TPSA) is 90.9 Å². The summed E-state index contributed by atoms with van der Waals surface area (Å²) < 4.78 is 11.0. The number of nitrogens with two attached hydrogens (primary N) is 1. The Morgan fingerprint density at radius 1 is 1.59 bits per heavy atom. The molecule has 92 valence electrons. The lowest BCUT2D eigenvalue weighted by Gasteiger charge is -2.16. The van der Waals surface area contributed by atoms with E-state index in [1.807, 2.05) is 11.6 Å². The van der Waals surface area contributed by atoms with Crippen LogP contribution in [0.4, 0.5) is 0 Å². The molecule has 0 aliphatic carbocycles. The Bertz CT molecular complexity index is 446. The van der Waals surface area contributed by atoms with Crippen LogP contribution in [-0.2, 0) is 6.54 Å². The number of hydrogen-bond donors (Lipinski definition) is 2. The molecule has 7 nitrogen and oxygen atoms in total. The Morgan fingerprint density at radius 3 is 2.94 bits per heavy atom. The number of nitrogens with one attached hydrogen (secondary N) is 1. The summed E-state index contributed by atoms with van der Waals surface area (Å²) in [6, 6.07) is -0.215. The van der Waals surface area contributed by atoms with Crippen molar-refractivity contribution in [2.75, 3.05) is 7.11 Å². The minimum Gasteiger partial charge on any atom is -0.493 e. The molecule has 17 heavy (non-hydrogen) atoms. The predicted molar refractivity (Wildman–Crippen MR) is 63.5 cm³/mol. The van der Waals surface area contributed by atoms with Crippen LogP contribution in [0.5, 0.6) is 5.75 Å². The van der Waals surface area contributed by atoms with E-state index < -0.39 is 0 Å². The zero-order valence-electron chi connectivity index (χ0n) is 9.62. The summed E-state index contributed by atoms with van der Waals surface area (Å²) in [5, 5.41) is 8.06. The Labute approximate surface area is 103 Å². The third kappa shape index (κ3) is 2.14. The SMILES string of the molecule is CCn1ncc(OC)c1C(NN)c1cnns1. The first kappa shape index (κ1) is 12.0. The van der Waals surface area contributed by atoms with E-state index in [1.54, 1.807) is 19.5 Å². The zero-order valence-corrected chi connectivity index (χ0v) is 10.4. The fraction of sp³-hybridized carbons (Fsp3) is 0.444. The highest BCUT2D eigenvalue weighted by Gasteiger charge is 2.23. The maximum atomic E-state index is 5.61. The quantitative estimate of drug-likeness (QED) is 0.589. The molecule has 0 amide bonds. The van der Waals surface area contributed by atoms with Gasteiger partial charge < -0.3 is 4.74 Å². The predicted octanol–water partition coefficient (Wildman–Crippen LogP) is 0.316. The van der Waals surface area contributed by atoms with Crippen LogP contribution >= 0.6 is 11.5 Å². The summed E-state index contributed by atoms with van der Waals surface area (Å²) in [5.74, 6) is 6.30. The monoisotopic (exact) mass is 254 g/mol. The Kier molecular flexibility index (Phi) is 3.67. The first-order valence-corrected chi connectivity index (χ1v) is 5.92. The molecule has 2 aromatic rings. The fourth-order valence-electron chi connectivity index (χ4n) is 1.68. The van der Waals surface area contributed by atoms with Gasteiger partial charge in [0.15, 0.2) is 5.75 Å². The molecule has 0 aliphatic rings. The van der Waals surface area contributed by atoms with Gasteiger partial charge in [-0.2, -0.15) is 5.10 Å². The summed E-state index contributed by atoms with van der Waals surface area (Å²) in [4.78, 5) is 0.918. The maximum absolute atomic E-state index is 5.61. The first-order valence-electron chi connectivity index (χ1n) is 5.14. The zero-order chi connectivity index (χ0) is 12.3. The Hall–Kier alpha value is -1.51. The molecular weight excluding hydrogens is 240 g/mol. The smallest absolute Gasteiger partial charge is 0.162 e. The number of rotatable bonds is 5. The molecule has 8 heteroatoms. The molecule has 0 bridgehead atoms. The summed E-state index contributed by atoms with van der Waals surface area (Å²) in [5.41, 5.74) is 3.62. The molecule has 1 unspecified atom stereocenters. The molecule has 1 atom stereocenters. The van der Waals surface area contributed by atoms with Gasteiger partial charge in [0, 0.05) is 6.54 Å². The van der Waals surface area contributed by atoms with Gasteiger partial charge in [-0.1, -0.05) is 4.49 Å². The molecule has 0 saturated heterocycles. The second-order valence-corrected chi connectivity index (χ2v) is 4.15. The molecule has 0 aliphatic heterocycles. The minimum absolute atomic E-state index is 0.215. The Balaban J connectivity index is 2.46. The first-order chi connectivity index (χ1) is 8.31. The van der Waals surface area contributed by atoms with Crippen molar-refractivity contribution in [3.05, 3.63) is 23.0 Å². The van der Waals surface area contributed by atoms with Crippen molar-refractivity contribution in [3.8, 4) is 5.75 Å².